The molecule has 0 fully saturated rings. The van der Waals surface area contributed by atoms with E-state index in [1.165, 1.54) is 0 Å². The Labute approximate surface area is 138 Å². The maximum atomic E-state index is 13.0. The van der Waals surface area contributed by atoms with Gasteiger partial charge in [-0.15, -0.1) is 0 Å². The van der Waals surface area contributed by atoms with Crippen molar-refractivity contribution in [2.75, 3.05) is 0 Å². The van der Waals surface area contributed by atoms with E-state index in [9.17, 15) is 4.79 Å². The normalized spacial score (nSPS) is 11.9. The van der Waals surface area contributed by atoms with Crippen molar-refractivity contribution in [2.24, 2.45) is 0 Å². The van der Waals surface area contributed by atoms with Gasteiger partial charge in [-0.2, -0.15) is 0 Å². The number of carbonyl (C=O) groups is 1. The predicted octanol–water partition coefficient (Wildman–Crippen LogP) is 4.86. The average Bonchev–Trinajstić information content (AvgIpc) is 2.57. The van der Waals surface area contributed by atoms with Gasteiger partial charge < -0.3 is 0 Å². The molecule has 22 heavy (non-hydrogen) atoms. The number of rotatable bonds is 4. The molecule has 0 spiro atoms. The molecule has 0 amide bonds. The summed E-state index contributed by atoms with van der Waals surface area (Å²) < 4.78 is 0.957. The molecule has 3 heteroatoms. The number of Topliss-reactive ketones (excluding diaryl/α,β-unsaturated/α-hetero) is 1. The summed E-state index contributed by atoms with van der Waals surface area (Å²) in [5.74, 6) is -0.332. The van der Waals surface area contributed by atoms with Crippen LogP contribution in [0.2, 0.25) is 0 Å². The molecule has 0 aliphatic rings. The second-order valence-corrected chi connectivity index (χ2v) is 5.89. The third kappa shape index (κ3) is 3.15. The highest BCUT2D eigenvalue weighted by Gasteiger charge is 2.24. The third-order valence-corrected chi connectivity index (χ3v) is 4.04. The van der Waals surface area contributed by atoms with E-state index in [1.807, 2.05) is 72.8 Å². The molecule has 3 rings (SSSR count). The highest BCUT2D eigenvalue weighted by atomic mass is 79.9. The van der Waals surface area contributed by atoms with Crippen LogP contribution in [0, 0.1) is 0 Å². The highest BCUT2D eigenvalue weighted by molar-refractivity contribution is 9.10. The quantitative estimate of drug-likeness (QED) is 0.628. The summed E-state index contributed by atoms with van der Waals surface area (Å²) in [4.78, 5) is 17.4. The van der Waals surface area contributed by atoms with Gasteiger partial charge in [0.15, 0.2) is 5.78 Å². The van der Waals surface area contributed by atoms with Crippen molar-refractivity contribution in [3.8, 4) is 0 Å². The Morgan fingerprint density at radius 3 is 2.18 bits per heavy atom. The van der Waals surface area contributed by atoms with Gasteiger partial charge in [-0.25, -0.2) is 0 Å². The van der Waals surface area contributed by atoms with Gasteiger partial charge in [0.25, 0.3) is 0 Å². The van der Waals surface area contributed by atoms with Gasteiger partial charge in [-0.1, -0.05) is 64.5 Å². The number of benzene rings is 2. The van der Waals surface area contributed by atoms with Crippen LogP contribution in [0.1, 0.15) is 27.5 Å². The van der Waals surface area contributed by atoms with E-state index < -0.39 is 0 Å². The van der Waals surface area contributed by atoms with Crippen molar-refractivity contribution < 1.29 is 4.79 Å². The summed E-state index contributed by atoms with van der Waals surface area (Å²) in [6.45, 7) is 0. The molecule has 1 atom stereocenters. The molecule has 0 unspecified atom stereocenters. The number of aromatic nitrogens is 1. The van der Waals surface area contributed by atoms with Crippen molar-refractivity contribution in [1.82, 2.24) is 4.98 Å². The minimum Gasteiger partial charge on any atom is -0.293 e. The highest BCUT2D eigenvalue weighted by Crippen LogP contribution is 2.27. The van der Waals surface area contributed by atoms with Crippen molar-refractivity contribution in [1.29, 1.82) is 0 Å². The Bertz CT molecular complexity index is 715. The summed E-state index contributed by atoms with van der Waals surface area (Å²) in [6, 6.07) is 22.9. The molecule has 0 N–H and O–H groups in total. The molecule has 0 bridgehead atoms. The van der Waals surface area contributed by atoms with Crippen LogP contribution >= 0.6 is 15.9 Å². The number of hydrogen-bond acceptors (Lipinski definition) is 2. The minimum absolute atomic E-state index is 0.0531. The van der Waals surface area contributed by atoms with Gasteiger partial charge in [0, 0.05) is 16.2 Å². The average molecular weight is 352 g/mol. The standard InChI is InChI=1S/C19H14BrNO/c20-16-11-9-15(10-12-16)19(22)18(14-6-2-1-3-7-14)17-8-4-5-13-21-17/h1-13,18H/t18-/m0/s1. The van der Waals surface area contributed by atoms with Gasteiger partial charge >= 0.3 is 0 Å². The van der Waals surface area contributed by atoms with Crippen LogP contribution in [0.5, 0.6) is 0 Å². The first-order chi connectivity index (χ1) is 10.8. The second-order valence-electron chi connectivity index (χ2n) is 4.97. The van der Waals surface area contributed by atoms with Crippen LogP contribution in [-0.2, 0) is 0 Å². The minimum atomic E-state index is -0.386. The summed E-state index contributed by atoms with van der Waals surface area (Å²) in [5, 5.41) is 0. The lowest BCUT2D eigenvalue weighted by molar-refractivity contribution is 0.0972. The zero-order valence-corrected chi connectivity index (χ0v) is 13.4. The molecular weight excluding hydrogens is 338 g/mol. The van der Waals surface area contributed by atoms with Gasteiger partial charge in [0.2, 0.25) is 0 Å². The predicted molar refractivity (Wildman–Crippen MR) is 91.0 cm³/mol. The van der Waals surface area contributed by atoms with Crippen LogP contribution in [0.3, 0.4) is 0 Å². The first-order valence-electron chi connectivity index (χ1n) is 7.01. The van der Waals surface area contributed by atoms with Gasteiger partial charge in [-0.3, -0.25) is 9.78 Å². The lowest BCUT2D eigenvalue weighted by Gasteiger charge is -2.16. The maximum Gasteiger partial charge on any atom is 0.176 e. The topological polar surface area (TPSA) is 30.0 Å². The Kier molecular flexibility index (Phi) is 4.45. The summed E-state index contributed by atoms with van der Waals surface area (Å²) in [6.07, 6.45) is 1.72. The van der Waals surface area contributed by atoms with E-state index in [0.717, 1.165) is 15.7 Å². The Morgan fingerprint density at radius 1 is 0.864 bits per heavy atom. The fraction of sp³-hybridized carbons (Fsp3) is 0.0526. The molecule has 0 aliphatic heterocycles. The zero-order chi connectivity index (χ0) is 15.4. The van der Waals surface area contributed by atoms with Gasteiger partial charge in [0.1, 0.15) is 0 Å². The molecule has 1 aromatic heterocycles. The Morgan fingerprint density at radius 2 is 1.55 bits per heavy atom. The largest absolute Gasteiger partial charge is 0.293 e. The van der Waals surface area contributed by atoms with Crippen LogP contribution in [0.15, 0.2) is 83.5 Å². The molecule has 108 valence electrons. The first-order valence-corrected chi connectivity index (χ1v) is 7.80. The van der Waals surface area contributed by atoms with Crippen LogP contribution in [0.25, 0.3) is 0 Å². The number of halogens is 1. The number of nitrogens with zero attached hydrogens (tertiary/aromatic N) is 1. The Balaban J connectivity index is 2.06. The zero-order valence-electron chi connectivity index (χ0n) is 11.8. The molecule has 0 radical (unpaired) electrons. The Hall–Kier alpha value is -2.26. The molecule has 2 nitrogen and oxygen atoms in total. The number of carbonyl (C=O) groups excluding carboxylic acids is 1. The SMILES string of the molecule is O=C(c1ccc(Br)cc1)[C@@H](c1ccccc1)c1ccccn1. The number of ketones is 1. The molecule has 3 aromatic rings. The van der Waals surface area contributed by atoms with E-state index in [2.05, 4.69) is 20.9 Å². The van der Waals surface area contributed by atoms with E-state index in [1.54, 1.807) is 6.20 Å². The second kappa shape index (κ2) is 6.67. The van der Waals surface area contributed by atoms with Crippen molar-refractivity contribution >= 4 is 21.7 Å². The summed E-state index contributed by atoms with van der Waals surface area (Å²) in [7, 11) is 0. The van der Waals surface area contributed by atoms with Crippen molar-refractivity contribution in [3.05, 3.63) is 100 Å². The smallest absolute Gasteiger partial charge is 0.176 e. The fourth-order valence-corrected chi connectivity index (χ4v) is 2.69. The fourth-order valence-electron chi connectivity index (χ4n) is 2.43. The molecular formula is C19H14BrNO. The lowest BCUT2D eigenvalue weighted by Crippen LogP contribution is -2.15. The van der Waals surface area contributed by atoms with Crippen LogP contribution < -0.4 is 0 Å². The molecule has 0 saturated heterocycles. The van der Waals surface area contributed by atoms with Crippen LogP contribution in [-0.4, -0.2) is 10.8 Å². The van der Waals surface area contributed by atoms with Crippen LogP contribution in [0.4, 0.5) is 0 Å². The van der Waals surface area contributed by atoms with Crippen molar-refractivity contribution in [2.45, 2.75) is 5.92 Å². The van der Waals surface area contributed by atoms with E-state index in [0.29, 0.717) is 5.56 Å². The van der Waals surface area contributed by atoms with Gasteiger partial charge in [-0.05, 0) is 29.8 Å². The van der Waals surface area contributed by atoms with Gasteiger partial charge in [0.05, 0.1) is 11.6 Å². The molecule has 0 saturated carbocycles. The number of pyridine rings is 1. The third-order valence-electron chi connectivity index (χ3n) is 3.51. The summed E-state index contributed by atoms with van der Waals surface area (Å²) in [5.41, 5.74) is 2.40. The summed E-state index contributed by atoms with van der Waals surface area (Å²) >= 11 is 3.40. The molecule has 2 aromatic carbocycles. The van der Waals surface area contributed by atoms with Crippen molar-refractivity contribution in [3.63, 3.8) is 0 Å². The lowest BCUT2D eigenvalue weighted by atomic mass is 9.87. The number of hydrogen-bond donors (Lipinski definition) is 0. The van der Waals surface area contributed by atoms with E-state index in [4.69, 9.17) is 0 Å². The monoisotopic (exact) mass is 351 g/mol. The molecule has 1 heterocycles. The van der Waals surface area contributed by atoms with E-state index in [-0.39, 0.29) is 11.7 Å². The maximum absolute atomic E-state index is 13.0. The molecule has 0 aliphatic carbocycles. The van der Waals surface area contributed by atoms with E-state index >= 15 is 0 Å². The first kappa shape index (κ1) is 14.7.